The first-order valence-electron chi connectivity index (χ1n) is 11.1. The molecule has 2 aromatic carbocycles. The molecular formula is C25H27ClN4O5. The molecule has 4 rings (SSSR count). The van der Waals surface area contributed by atoms with Crippen LogP contribution in [0.15, 0.2) is 48.5 Å². The lowest BCUT2D eigenvalue weighted by Gasteiger charge is -2.35. The van der Waals surface area contributed by atoms with Gasteiger partial charge >= 0.3 is 0 Å². The van der Waals surface area contributed by atoms with E-state index in [1.165, 1.54) is 0 Å². The summed E-state index contributed by atoms with van der Waals surface area (Å²) in [6.07, 6.45) is 0. The average molecular weight is 499 g/mol. The fourth-order valence-corrected chi connectivity index (χ4v) is 4.04. The van der Waals surface area contributed by atoms with E-state index in [1.807, 2.05) is 24.3 Å². The van der Waals surface area contributed by atoms with Crippen molar-refractivity contribution >= 4 is 23.3 Å². The van der Waals surface area contributed by atoms with Gasteiger partial charge in [-0.15, -0.1) is 10.2 Å². The number of carbonyl (C=O) groups excluding carboxylic acids is 1. The fraction of sp³-hybridized carbons (Fsp3) is 0.320. The summed E-state index contributed by atoms with van der Waals surface area (Å²) in [5, 5.41) is 9.38. The molecule has 10 heteroatoms. The largest absolute Gasteiger partial charge is 0.493 e. The topological polar surface area (TPSA) is 86.3 Å². The van der Waals surface area contributed by atoms with Gasteiger partial charge in [0.25, 0.3) is 5.91 Å². The maximum absolute atomic E-state index is 12.5. The Labute approximate surface area is 209 Å². The molecule has 9 nitrogen and oxygen atoms in total. The maximum atomic E-state index is 12.5. The maximum Gasteiger partial charge on any atom is 0.260 e. The molecule has 184 valence electrons. The number of carbonyl (C=O) groups is 1. The highest BCUT2D eigenvalue weighted by Gasteiger charge is 2.23. The van der Waals surface area contributed by atoms with Gasteiger partial charge in [0, 0.05) is 36.8 Å². The number of aromatic nitrogens is 2. The van der Waals surface area contributed by atoms with E-state index in [4.69, 9.17) is 30.5 Å². The molecule has 0 radical (unpaired) electrons. The summed E-state index contributed by atoms with van der Waals surface area (Å²) in [6, 6.07) is 14.5. The Morgan fingerprint density at radius 3 is 2.20 bits per heavy atom. The molecule has 0 bridgehead atoms. The summed E-state index contributed by atoms with van der Waals surface area (Å²) in [7, 11) is 4.71. The van der Waals surface area contributed by atoms with Crippen molar-refractivity contribution in [3.8, 4) is 34.3 Å². The summed E-state index contributed by atoms with van der Waals surface area (Å²) in [5.74, 6) is 2.89. The zero-order valence-corrected chi connectivity index (χ0v) is 20.6. The predicted molar refractivity (Wildman–Crippen MR) is 133 cm³/mol. The van der Waals surface area contributed by atoms with Crippen molar-refractivity contribution in [2.45, 2.75) is 0 Å². The van der Waals surface area contributed by atoms with E-state index in [2.05, 4.69) is 15.1 Å². The zero-order valence-electron chi connectivity index (χ0n) is 19.9. The van der Waals surface area contributed by atoms with Gasteiger partial charge < -0.3 is 28.7 Å². The Kier molecular flexibility index (Phi) is 7.77. The van der Waals surface area contributed by atoms with Crippen LogP contribution in [-0.2, 0) is 4.79 Å². The van der Waals surface area contributed by atoms with Crippen molar-refractivity contribution < 1.29 is 23.7 Å². The van der Waals surface area contributed by atoms with Gasteiger partial charge in [-0.3, -0.25) is 4.79 Å². The smallest absolute Gasteiger partial charge is 0.260 e. The van der Waals surface area contributed by atoms with Crippen LogP contribution in [0.2, 0.25) is 5.02 Å². The average Bonchev–Trinajstić information content (AvgIpc) is 2.91. The first-order valence-corrected chi connectivity index (χ1v) is 11.5. The molecule has 3 aromatic rings. The number of nitrogens with zero attached hydrogens (tertiary/aromatic N) is 4. The van der Waals surface area contributed by atoms with Crippen LogP contribution in [0.3, 0.4) is 0 Å². The lowest BCUT2D eigenvalue weighted by molar-refractivity contribution is -0.133. The highest BCUT2D eigenvalue weighted by atomic mass is 35.5. The fourth-order valence-electron chi connectivity index (χ4n) is 3.85. The van der Waals surface area contributed by atoms with Gasteiger partial charge in [-0.05, 0) is 42.5 Å². The summed E-state index contributed by atoms with van der Waals surface area (Å²) >= 11 is 5.96. The molecule has 1 amide bonds. The number of hydrogen-bond donors (Lipinski definition) is 0. The van der Waals surface area contributed by atoms with Crippen LogP contribution in [0, 0.1) is 0 Å². The molecule has 1 fully saturated rings. The van der Waals surface area contributed by atoms with Crippen molar-refractivity contribution in [1.82, 2.24) is 15.1 Å². The number of amides is 1. The minimum absolute atomic E-state index is 0.0242. The van der Waals surface area contributed by atoms with Crippen LogP contribution in [0.4, 0.5) is 5.82 Å². The summed E-state index contributed by atoms with van der Waals surface area (Å²) in [5.41, 5.74) is 1.48. The van der Waals surface area contributed by atoms with E-state index in [9.17, 15) is 4.79 Å². The number of piperazine rings is 1. The van der Waals surface area contributed by atoms with Crippen LogP contribution in [0.25, 0.3) is 11.3 Å². The minimum atomic E-state index is -0.0616. The van der Waals surface area contributed by atoms with Gasteiger partial charge in [0.15, 0.2) is 23.9 Å². The predicted octanol–water partition coefficient (Wildman–Crippen LogP) is 3.55. The van der Waals surface area contributed by atoms with Gasteiger partial charge in [0.1, 0.15) is 5.75 Å². The Morgan fingerprint density at radius 2 is 1.63 bits per heavy atom. The normalized spacial score (nSPS) is 13.4. The molecule has 1 aliphatic heterocycles. The molecule has 35 heavy (non-hydrogen) atoms. The zero-order chi connectivity index (χ0) is 24.8. The second-order valence-electron chi connectivity index (χ2n) is 7.80. The molecule has 0 spiro atoms. The first-order chi connectivity index (χ1) is 17.0. The Bertz CT molecular complexity index is 1140. The quantitative estimate of drug-likeness (QED) is 0.466. The highest BCUT2D eigenvalue weighted by Crippen LogP contribution is 2.40. The molecule has 1 saturated heterocycles. The number of hydrogen-bond acceptors (Lipinski definition) is 8. The van der Waals surface area contributed by atoms with Gasteiger partial charge in [0.05, 0.1) is 27.0 Å². The number of rotatable bonds is 8. The van der Waals surface area contributed by atoms with E-state index in [0.29, 0.717) is 59.9 Å². The number of methoxy groups -OCH3 is 3. The van der Waals surface area contributed by atoms with Crippen molar-refractivity contribution in [3.63, 3.8) is 0 Å². The molecule has 1 aliphatic rings. The number of benzene rings is 2. The van der Waals surface area contributed by atoms with Gasteiger partial charge in [-0.1, -0.05) is 17.7 Å². The van der Waals surface area contributed by atoms with E-state index >= 15 is 0 Å². The van der Waals surface area contributed by atoms with E-state index < -0.39 is 0 Å². The van der Waals surface area contributed by atoms with Crippen molar-refractivity contribution in [1.29, 1.82) is 0 Å². The number of ether oxygens (including phenoxy) is 4. The first kappa shape index (κ1) is 24.4. The van der Waals surface area contributed by atoms with E-state index in [1.54, 1.807) is 50.5 Å². The second kappa shape index (κ2) is 11.1. The van der Waals surface area contributed by atoms with Crippen molar-refractivity contribution in [3.05, 3.63) is 53.6 Å². The van der Waals surface area contributed by atoms with Crippen LogP contribution >= 0.6 is 11.6 Å². The lowest BCUT2D eigenvalue weighted by Crippen LogP contribution is -2.50. The standard InChI is InChI=1S/C25H27ClN4O5/c1-32-21-13-17(14-22(33-2)25(21)34-3)20-7-8-23(28-27-20)29-9-11-30(12-10-29)24(31)16-35-19-6-4-5-18(26)15-19/h4-8,13-15H,9-12,16H2,1-3H3. The van der Waals surface area contributed by atoms with Crippen molar-refractivity contribution in [2.24, 2.45) is 0 Å². The molecular weight excluding hydrogens is 472 g/mol. The minimum Gasteiger partial charge on any atom is -0.493 e. The molecule has 0 aliphatic carbocycles. The van der Waals surface area contributed by atoms with Crippen LogP contribution in [-0.4, -0.2) is 75.1 Å². The second-order valence-corrected chi connectivity index (χ2v) is 8.24. The van der Waals surface area contributed by atoms with Gasteiger partial charge in [-0.25, -0.2) is 0 Å². The Morgan fingerprint density at radius 1 is 0.914 bits per heavy atom. The van der Waals surface area contributed by atoms with Gasteiger partial charge in [-0.2, -0.15) is 0 Å². The molecule has 0 unspecified atom stereocenters. The highest BCUT2D eigenvalue weighted by molar-refractivity contribution is 6.30. The molecule has 0 saturated carbocycles. The molecule has 2 heterocycles. The summed E-state index contributed by atoms with van der Waals surface area (Å²) < 4.78 is 21.8. The summed E-state index contributed by atoms with van der Waals surface area (Å²) in [4.78, 5) is 16.4. The monoisotopic (exact) mass is 498 g/mol. The third-order valence-electron chi connectivity index (χ3n) is 5.73. The van der Waals surface area contributed by atoms with E-state index in [0.717, 1.165) is 11.4 Å². The number of anilines is 1. The molecule has 0 atom stereocenters. The SMILES string of the molecule is COc1cc(-c2ccc(N3CCN(C(=O)COc4cccc(Cl)c4)CC3)nn2)cc(OC)c1OC. The lowest BCUT2D eigenvalue weighted by atomic mass is 10.1. The third kappa shape index (κ3) is 5.68. The Balaban J connectivity index is 1.36. The van der Waals surface area contributed by atoms with Crippen LogP contribution in [0.1, 0.15) is 0 Å². The van der Waals surface area contributed by atoms with Crippen LogP contribution in [0.5, 0.6) is 23.0 Å². The Hall–Kier alpha value is -3.72. The van der Waals surface area contributed by atoms with Crippen LogP contribution < -0.4 is 23.8 Å². The van der Waals surface area contributed by atoms with E-state index in [-0.39, 0.29) is 12.5 Å². The number of halogens is 1. The molecule has 0 N–H and O–H groups in total. The summed E-state index contributed by atoms with van der Waals surface area (Å²) in [6.45, 7) is 2.44. The molecule has 1 aromatic heterocycles. The third-order valence-corrected chi connectivity index (χ3v) is 5.96. The van der Waals surface area contributed by atoms with Gasteiger partial charge in [0.2, 0.25) is 5.75 Å². The van der Waals surface area contributed by atoms with Crippen molar-refractivity contribution in [2.75, 3.05) is 59.0 Å².